The van der Waals surface area contributed by atoms with Gasteiger partial charge in [0.1, 0.15) is 0 Å². The van der Waals surface area contributed by atoms with Gasteiger partial charge in [0, 0.05) is 13.0 Å². The summed E-state index contributed by atoms with van der Waals surface area (Å²) < 4.78 is 32.2. The van der Waals surface area contributed by atoms with E-state index in [2.05, 4.69) is 0 Å². The van der Waals surface area contributed by atoms with Gasteiger partial charge < -0.3 is 9.84 Å². The van der Waals surface area contributed by atoms with E-state index >= 15 is 0 Å². The van der Waals surface area contributed by atoms with Crippen LogP contribution in [0.25, 0.3) is 0 Å². The number of aliphatic hydroxyl groups excluding tert-OH is 1. The van der Waals surface area contributed by atoms with E-state index in [-0.39, 0.29) is 12.0 Å². The Bertz CT molecular complexity index is 414. The molecule has 2 unspecified atom stereocenters. The highest BCUT2D eigenvalue weighted by Gasteiger charge is 2.36. The van der Waals surface area contributed by atoms with Crippen LogP contribution in [0.3, 0.4) is 0 Å². The number of aliphatic hydroxyl groups is 1. The maximum absolute atomic E-state index is 13.5. The Labute approximate surface area is 106 Å². The van der Waals surface area contributed by atoms with Gasteiger partial charge in [-0.25, -0.2) is 8.78 Å². The molecule has 0 aliphatic carbocycles. The standard InChI is InChI=1S/C14H18F2O2/c1-14(7-2-3-8-18-14)12(17)9-10-5-4-6-11(15)13(10)16/h4-6,12,17H,2-3,7-9H2,1H3. The van der Waals surface area contributed by atoms with Crippen LogP contribution >= 0.6 is 0 Å². The molecule has 0 saturated carbocycles. The minimum absolute atomic E-state index is 0.0695. The first-order valence-electron chi connectivity index (χ1n) is 6.28. The van der Waals surface area contributed by atoms with Crippen LogP contribution in [-0.2, 0) is 11.2 Å². The van der Waals surface area contributed by atoms with E-state index in [1.54, 1.807) is 0 Å². The second-order valence-electron chi connectivity index (χ2n) is 5.05. The summed E-state index contributed by atoms with van der Waals surface area (Å²) in [5.41, 5.74) is -0.463. The predicted molar refractivity (Wildman–Crippen MR) is 64.3 cm³/mol. The summed E-state index contributed by atoms with van der Waals surface area (Å²) in [7, 11) is 0. The smallest absolute Gasteiger partial charge is 0.162 e. The van der Waals surface area contributed by atoms with Gasteiger partial charge in [-0.1, -0.05) is 12.1 Å². The average Bonchev–Trinajstić information content (AvgIpc) is 2.36. The first kappa shape index (κ1) is 13.4. The second-order valence-corrected chi connectivity index (χ2v) is 5.05. The average molecular weight is 256 g/mol. The zero-order chi connectivity index (χ0) is 13.2. The zero-order valence-electron chi connectivity index (χ0n) is 10.5. The SMILES string of the molecule is CC1(C(O)Cc2cccc(F)c2F)CCCCO1. The molecule has 1 heterocycles. The minimum atomic E-state index is -0.880. The number of benzene rings is 1. The van der Waals surface area contributed by atoms with Gasteiger partial charge in [0.2, 0.25) is 0 Å². The summed E-state index contributed by atoms with van der Waals surface area (Å²) in [6.45, 7) is 2.44. The summed E-state index contributed by atoms with van der Waals surface area (Å²) in [5.74, 6) is -1.76. The molecule has 0 aromatic heterocycles. The third-order valence-corrected chi connectivity index (χ3v) is 3.65. The molecule has 0 bridgehead atoms. The second kappa shape index (κ2) is 5.33. The summed E-state index contributed by atoms with van der Waals surface area (Å²) >= 11 is 0. The van der Waals surface area contributed by atoms with Crippen LogP contribution in [0, 0.1) is 11.6 Å². The van der Waals surface area contributed by atoms with Crippen LogP contribution in [0.1, 0.15) is 31.7 Å². The molecule has 2 nitrogen and oxygen atoms in total. The summed E-state index contributed by atoms with van der Waals surface area (Å²) in [6, 6.07) is 4.02. The van der Waals surface area contributed by atoms with Crippen molar-refractivity contribution in [3.05, 3.63) is 35.4 Å². The van der Waals surface area contributed by atoms with Crippen molar-refractivity contribution in [2.75, 3.05) is 6.61 Å². The van der Waals surface area contributed by atoms with Crippen LogP contribution in [-0.4, -0.2) is 23.4 Å². The number of hydrogen-bond acceptors (Lipinski definition) is 2. The lowest BCUT2D eigenvalue weighted by Gasteiger charge is -2.38. The van der Waals surface area contributed by atoms with E-state index in [1.165, 1.54) is 12.1 Å². The van der Waals surface area contributed by atoms with Crippen molar-refractivity contribution in [2.24, 2.45) is 0 Å². The Morgan fingerprint density at radius 2 is 2.17 bits per heavy atom. The Kier molecular flexibility index (Phi) is 3.97. The maximum Gasteiger partial charge on any atom is 0.162 e. The summed E-state index contributed by atoms with van der Waals surface area (Å²) in [6.07, 6.45) is 1.95. The van der Waals surface area contributed by atoms with E-state index in [0.29, 0.717) is 6.61 Å². The number of hydrogen-bond donors (Lipinski definition) is 1. The van der Waals surface area contributed by atoms with Crippen LogP contribution in [0.15, 0.2) is 18.2 Å². The Morgan fingerprint density at radius 3 is 2.83 bits per heavy atom. The van der Waals surface area contributed by atoms with E-state index in [9.17, 15) is 13.9 Å². The molecule has 1 aromatic carbocycles. The minimum Gasteiger partial charge on any atom is -0.390 e. The molecule has 1 fully saturated rings. The Morgan fingerprint density at radius 1 is 1.39 bits per heavy atom. The first-order valence-corrected chi connectivity index (χ1v) is 6.28. The van der Waals surface area contributed by atoms with Gasteiger partial charge in [-0.05, 0) is 37.8 Å². The molecule has 4 heteroatoms. The van der Waals surface area contributed by atoms with E-state index in [0.717, 1.165) is 25.3 Å². The number of halogens is 2. The first-order chi connectivity index (χ1) is 8.53. The van der Waals surface area contributed by atoms with Gasteiger partial charge in [-0.15, -0.1) is 0 Å². The van der Waals surface area contributed by atoms with Crippen LogP contribution in [0.5, 0.6) is 0 Å². The highest BCUT2D eigenvalue weighted by atomic mass is 19.2. The Balaban J connectivity index is 2.10. The molecule has 0 radical (unpaired) electrons. The van der Waals surface area contributed by atoms with Crippen LogP contribution in [0.2, 0.25) is 0 Å². The van der Waals surface area contributed by atoms with Crippen LogP contribution in [0.4, 0.5) is 8.78 Å². The summed E-state index contributed by atoms with van der Waals surface area (Å²) in [5, 5.41) is 10.2. The van der Waals surface area contributed by atoms with Crippen LogP contribution < -0.4 is 0 Å². The molecule has 1 saturated heterocycles. The lowest BCUT2D eigenvalue weighted by molar-refractivity contribution is -0.135. The van der Waals surface area contributed by atoms with Crippen molar-refractivity contribution in [1.82, 2.24) is 0 Å². The highest BCUT2D eigenvalue weighted by Crippen LogP contribution is 2.30. The van der Waals surface area contributed by atoms with E-state index in [4.69, 9.17) is 4.74 Å². The van der Waals surface area contributed by atoms with E-state index in [1.807, 2.05) is 6.92 Å². The molecule has 1 aliphatic rings. The van der Waals surface area contributed by atoms with Crippen molar-refractivity contribution < 1.29 is 18.6 Å². The lowest BCUT2D eigenvalue weighted by atomic mass is 9.86. The fourth-order valence-electron chi connectivity index (χ4n) is 2.35. The topological polar surface area (TPSA) is 29.5 Å². The van der Waals surface area contributed by atoms with Gasteiger partial charge in [0.05, 0.1) is 11.7 Å². The van der Waals surface area contributed by atoms with Crippen molar-refractivity contribution >= 4 is 0 Å². The fraction of sp³-hybridized carbons (Fsp3) is 0.571. The maximum atomic E-state index is 13.5. The fourth-order valence-corrected chi connectivity index (χ4v) is 2.35. The molecule has 1 aromatic rings. The van der Waals surface area contributed by atoms with Crippen molar-refractivity contribution in [1.29, 1.82) is 0 Å². The van der Waals surface area contributed by atoms with Crippen molar-refractivity contribution in [2.45, 2.75) is 44.3 Å². The third kappa shape index (κ3) is 2.70. The molecule has 2 rings (SSSR count). The highest BCUT2D eigenvalue weighted by molar-refractivity contribution is 5.20. The predicted octanol–water partition coefficient (Wildman–Crippen LogP) is 2.83. The quantitative estimate of drug-likeness (QED) is 0.901. The number of ether oxygens (including phenoxy) is 1. The number of rotatable bonds is 3. The molecular weight excluding hydrogens is 238 g/mol. The van der Waals surface area contributed by atoms with Crippen molar-refractivity contribution in [3.8, 4) is 0 Å². The summed E-state index contributed by atoms with van der Waals surface area (Å²) in [4.78, 5) is 0. The molecular formula is C14H18F2O2. The lowest BCUT2D eigenvalue weighted by Crippen LogP contribution is -2.45. The van der Waals surface area contributed by atoms with Gasteiger partial charge in [-0.3, -0.25) is 0 Å². The van der Waals surface area contributed by atoms with Crippen molar-refractivity contribution in [3.63, 3.8) is 0 Å². The normalized spacial score (nSPS) is 26.0. The Hall–Kier alpha value is -1.00. The largest absolute Gasteiger partial charge is 0.390 e. The van der Waals surface area contributed by atoms with Gasteiger partial charge >= 0.3 is 0 Å². The molecule has 0 amide bonds. The molecule has 100 valence electrons. The van der Waals surface area contributed by atoms with Gasteiger partial charge in [-0.2, -0.15) is 0 Å². The monoisotopic (exact) mass is 256 g/mol. The van der Waals surface area contributed by atoms with E-state index < -0.39 is 23.3 Å². The third-order valence-electron chi connectivity index (χ3n) is 3.65. The molecule has 2 atom stereocenters. The molecule has 1 N–H and O–H groups in total. The molecule has 1 aliphatic heterocycles. The van der Waals surface area contributed by atoms with Gasteiger partial charge in [0.15, 0.2) is 11.6 Å². The molecule has 0 spiro atoms. The van der Waals surface area contributed by atoms with Gasteiger partial charge in [0.25, 0.3) is 0 Å². The zero-order valence-corrected chi connectivity index (χ0v) is 10.5. The molecule has 18 heavy (non-hydrogen) atoms.